The van der Waals surface area contributed by atoms with Crippen molar-refractivity contribution in [3.05, 3.63) is 106 Å². The van der Waals surface area contributed by atoms with Gasteiger partial charge >= 0.3 is 6.18 Å². The number of H-pyrrole nitrogens is 1. The van der Waals surface area contributed by atoms with Gasteiger partial charge in [0.1, 0.15) is 0 Å². The molecule has 7 nitrogen and oxygen atoms in total. The lowest BCUT2D eigenvalue weighted by atomic mass is 9.87. The van der Waals surface area contributed by atoms with Crippen LogP contribution in [0.15, 0.2) is 73.1 Å². The molecule has 2 aromatic carbocycles. The molecule has 0 fully saturated rings. The van der Waals surface area contributed by atoms with E-state index in [0.717, 1.165) is 17.8 Å². The molecule has 2 aromatic heterocycles. The predicted molar refractivity (Wildman–Crippen MR) is 124 cm³/mol. The molecule has 0 saturated carbocycles. The van der Waals surface area contributed by atoms with Crippen molar-refractivity contribution < 1.29 is 22.9 Å². The van der Waals surface area contributed by atoms with Crippen molar-refractivity contribution >= 4 is 22.5 Å². The number of amides is 1. The number of aromatic amines is 1. The number of alkyl halides is 3. The van der Waals surface area contributed by atoms with Crippen molar-refractivity contribution in [2.45, 2.75) is 24.9 Å². The van der Waals surface area contributed by atoms with E-state index in [1.807, 2.05) is 12.1 Å². The Hall–Kier alpha value is -4.21. The number of hydrogen-bond acceptors (Lipinski definition) is 4. The molecule has 0 aliphatic rings. The number of fused-ring (bicyclic) bond motifs is 1. The summed E-state index contributed by atoms with van der Waals surface area (Å²) in [7, 11) is 0. The minimum atomic E-state index is -4.55. The van der Waals surface area contributed by atoms with Crippen molar-refractivity contribution in [1.29, 1.82) is 0 Å². The van der Waals surface area contributed by atoms with Gasteiger partial charge in [-0.2, -0.15) is 13.2 Å². The Morgan fingerprint density at radius 3 is 2.66 bits per heavy atom. The molecule has 10 heteroatoms. The van der Waals surface area contributed by atoms with E-state index in [9.17, 15) is 28.1 Å². The van der Waals surface area contributed by atoms with Crippen LogP contribution < -0.4 is 5.32 Å². The van der Waals surface area contributed by atoms with Crippen molar-refractivity contribution in [3.8, 4) is 0 Å². The molecule has 0 saturated heterocycles. The molecule has 0 aliphatic carbocycles. The number of benzene rings is 2. The lowest BCUT2D eigenvalue weighted by Crippen LogP contribution is -2.27. The Kier molecular flexibility index (Phi) is 6.81. The number of nitrogens with zero attached hydrogens (tertiary/aromatic N) is 2. The molecule has 2 heterocycles. The largest absolute Gasteiger partial charge is 0.416 e. The number of hydrogen-bond donors (Lipinski definition) is 2. The van der Waals surface area contributed by atoms with Crippen molar-refractivity contribution in [3.63, 3.8) is 0 Å². The third-order valence-electron chi connectivity index (χ3n) is 5.72. The van der Waals surface area contributed by atoms with Crippen molar-refractivity contribution in [2.75, 3.05) is 6.54 Å². The number of pyridine rings is 1. The summed E-state index contributed by atoms with van der Waals surface area (Å²) in [6.07, 6.45) is -0.957. The summed E-state index contributed by atoms with van der Waals surface area (Å²) in [6, 6.07) is 14.5. The summed E-state index contributed by atoms with van der Waals surface area (Å²) in [5.41, 5.74) is 1.18. The smallest absolute Gasteiger partial charge is 0.361 e. The zero-order valence-corrected chi connectivity index (χ0v) is 18.4. The highest BCUT2D eigenvalue weighted by Gasteiger charge is 2.32. The first kappa shape index (κ1) is 23.9. The van der Waals surface area contributed by atoms with Crippen LogP contribution in [0.5, 0.6) is 0 Å². The molecule has 2 N–H and O–H groups in total. The minimum absolute atomic E-state index is 0.140. The highest BCUT2D eigenvalue weighted by Crippen LogP contribution is 2.37. The molecule has 0 spiro atoms. The van der Waals surface area contributed by atoms with Crippen LogP contribution in [-0.4, -0.2) is 27.3 Å². The first-order chi connectivity index (χ1) is 16.7. The Labute approximate surface area is 198 Å². The summed E-state index contributed by atoms with van der Waals surface area (Å²) in [5, 5.41) is 14.6. The standard InChI is InChI=1S/C25H21F3N4O3/c26-25(27,28)17-5-3-4-16(12-17)20(14-24(33)30-11-9-18-6-1-2-10-29-18)22-15-31-23-8-7-19(32(34)35)13-21(22)23/h1-8,10,12-13,15,20,31H,9,11,14H2,(H,30,33). The molecular formula is C25H21F3N4O3. The Morgan fingerprint density at radius 1 is 1.11 bits per heavy atom. The molecule has 4 aromatic rings. The van der Waals surface area contributed by atoms with Crippen LogP contribution >= 0.6 is 0 Å². The minimum Gasteiger partial charge on any atom is -0.361 e. The summed E-state index contributed by atoms with van der Waals surface area (Å²) in [4.78, 5) is 30.8. The van der Waals surface area contributed by atoms with Crippen LogP contribution in [-0.2, 0) is 17.4 Å². The number of carbonyl (C=O) groups excluding carboxylic acids is 1. The highest BCUT2D eigenvalue weighted by atomic mass is 19.4. The second-order valence-corrected chi connectivity index (χ2v) is 8.03. The topological polar surface area (TPSA) is 101 Å². The fourth-order valence-electron chi connectivity index (χ4n) is 4.00. The Balaban J connectivity index is 1.65. The van der Waals surface area contributed by atoms with E-state index in [1.165, 1.54) is 30.3 Å². The van der Waals surface area contributed by atoms with E-state index in [1.54, 1.807) is 18.5 Å². The molecule has 180 valence electrons. The van der Waals surface area contributed by atoms with Gasteiger partial charge in [0, 0.05) is 66.4 Å². The fraction of sp³-hybridized carbons (Fsp3) is 0.200. The zero-order valence-electron chi connectivity index (χ0n) is 18.4. The van der Waals surface area contributed by atoms with E-state index in [-0.39, 0.29) is 23.6 Å². The maximum absolute atomic E-state index is 13.4. The number of non-ortho nitro benzene ring substituents is 1. The molecule has 0 aliphatic heterocycles. The van der Waals surface area contributed by atoms with Gasteiger partial charge in [0.2, 0.25) is 5.91 Å². The second kappa shape index (κ2) is 9.96. The fourth-order valence-corrected chi connectivity index (χ4v) is 4.00. The van der Waals surface area contributed by atoms with Crippen LogP contribution in [0.2, 0.25) is 0 Å². The molecule has 1 amide bonds. The van der Waals surface area contributed by atoms with Gasteiger partial charge in [0.15, 0.2) is 0 Å². The van der Waals surface area contributed by atoms with Gasteiger partial charge < -0.3 is 10.3 Å². The molecule has 35 heavy (non-hydrogen) atoms. The number of rotatable bonds is 8. The monoisotopic (exact) mass is 482 g/mol. The number of halogens is 3. The van der Waals surface area contributed by atoms with Gasteiger partial charge in [-0.3, -0.25) is 19.9 Å². The van der Waals surface area contributed by atoms with Gasteiger partial charge in [-0.05, 0) is 35.4 Å². The van der Waals surface area contributed by atoms with Crippen molar-refractivity contribution in [1.82, 2.24) is 15.3 Å². The predicted octanol–water partition coefficient (Wildman–Crippen LogP) is 5.37. The van der Waals surface area contributed by atoms with Gasteiger partial charge in [0.05, 0.1) is 10.5 Å². The molecule has 1 unspecified atom stereocenters. The van der Waals surface area contributed by atoms with E-state index < -0.39 is 22.6 Å². The number of nitro groups is 1. The van der Waals surface area contributed by atoms with Crippen LogP contribution in [0.25, 0.3) is 10.9 Å². The molecule has 0 bridgehead atoms. The molecule has 1 atom stereocenters. The number of aromatic nitrogens is 2. The Bertz CT molecular complexity index is 1350. The Morgan fingerprint density at radius 2 is 1.94 bits per heavy atom. The lowest BCUT2D eigenvalue weighted by Gasteiger charge is -2.19. The lowest BCUT2D eigenvalue weighted by molar-refractivity contribution is -0.384. The van der Waals surface area contributed by atoms with E-state index in [4.69, 9.17) is 0 Å². The average Bonchev–Trinajstić information content (AvgIpc) is 3.26. The average molecular weight is 482 g/mol. The normalized spacial score (nSPS) is 12.4. The van der Waals surface area contributed by atoms with Crippen LogP contribution in [0.1, 0.15) is 34.7 Å². The van der Waals surface area contributed by atoms with Gasteiger partial charge in [-0.15, -0.1) is 0 Å². The third kappa shape index (κ3) is 5.65. The second-order valence-electron chi connectivity index (χ2n) is 8.03. The van der Waals surface area contributed by atoms with Crippen LogP contribution in [0.3, 0.4) is 0 Å². The van der Waals surface area contributed by atoms with Crippen LogP contribution in [0, 0.1) is 10.1 Å². The van der Waals surface area contributed by atoms with E-state index >= 15 is 0 Å². The van der Waals surface area contributed by atoms with E-state index in [0.29, 0.717) is 29.4 Å². The highest BCUT2D eigenvalue weighted by molar-refractivity contribution is 5.87. The van der Waals surface area contributed by atoms with Gasteiger partial charge in [-0.1, -0.05) is 24.3 Å². The molecule has 0 radical (unpaired) electrons. The maximum atomic E-state index is 13.4. The van der Waals surface area contributed by atoms with Crippen molar-refractivity contribution in [2.24, 2.45) is 0 Å². The third-order valence-corrected chi connectivity index (χ3v) is 5.72. The summed E-state index contributed by atoms with van der Waals surface area (Å²) < 4.78 is 40.2. The summed E-state index contributed by atoms with van der Waals surface area (Å²) >= 11 is 0. The molecule has 4 rings (SSSR count). The first-order valence-corrected chi connectivity index (χ1v) is 10.8. The quantitative estimate of drug-likeness (QED) is 0.260. The summed E-state index contributed by atoms with van der Waals surface area (Å²) in [6.45, 7) is 0.310. The number of nitrogens with one attached hydrogen (secondary N) is 2. The van der Waals surface area contributed by atoms with E-state index in [2.05, 4.69) is 15.3 Å². The number of nitro benzene ring substituents is 1. The first-order valence-electron chi connectivity index (χ1n) is 10.8. The zero-order chi connectivity index (χ0) is 25.0. The van der Waals surface area contributed by atoms with Gasteiger partial charge in [-0.25, -0.2) is 0 Å². The summed E-state index contributed by atoms with van der Waals surface area (Å²) in [5.74, 6) is -1.12. The molecular weight excluding hydrogens is 461 g/mol. The van der Waals surface area contributed by atoms with Crippen LogP contribution in [0.4, 0.5) is 18.9 Å². The number of carbonyl (C=O) groups is 1. The maximum Gasteiger partial charge on any atom is 0.416 e. The SMILES string of the molecule is O=C(CC(c1cccc(C(F)(F)F)c1)c1c[nH]c2ccc([N+](=O)[O-])cc12)NCCc1ccccn1. The van der Waals surface area contributed by atoms with Gasteiger partial charge in [0.25, 0.3) is 5.69 Å².